The van der Waals surface area contributed by atoms with Crippen LogP contribution >= 0.6 is 0 Å². The van der Waals surface area contributed by atoms with Gasteiger partial charge in [0.25, 0.3) is 0 Å². The fourth-order valence-corrected chi connectivity index (χ4v) is 2.83. The lowest BCUT2D eigenvalue weighted by Crippen LogP contribution is -2.25. The Labute approximate surface area is 163 Å². The molecule has 0 atom stereocenters. The van der Waals surface area contributed by atoms with Crippen LogP contribution in [0.25, 0.3) is 6.08 Å². The summed E-state index contributed by atoms with van der Waals surface area (Å²) in [6, 6.07) is 19.4. The Hall–Kier alpha value is -2.39. The first-order valence-electron chi connectivity index (χ1n) is 9.75. The summed E-state index contributed by atoms with van der Waals surface area (Å²) < 4.78 is 0. The molecule has 0 saturated heterocycles. The molecule has 2 rings (SSSR count). The lowest BCUT2D eigenvalue weighted by atomic mass is 9.84. The molecule has 0 fully saturated rings. The molecule has 0 radical (unpaired) electrons. The first-order valence-corrected chi connectivity index (χ1v) is 9.75. The van der Waals surface area contributed by atoms with Gasteiger partial charge in [0.2, 0.25) is 0 Å². The average molecular weight is 369 g/mol. The van der Waals surface area contributed by atoms with E-state index in [1.807, 2.05) is 60.7 Å². The van der Waals surface area contributed by atoms with Gasteiger partial charge < -0.3 is 10.2 Å². The number of unbranched alkanes of at least 4 members (excludes halogenated alkanes) is 2. The van der Waals surface area contributed by atoms with Gasteiger partial charge >= 0.3 is 5.97 Å². The molecule has 0 aliphatic rings. The number of carboxylic acid groups (broad SMARTS) is 1. The van der Waals surface area contributed by atoms with Gasteiger partial charge in [0.15, 0.2) is 0 Å². The third-order valence-corrected chi connectivity index (χ3v) is 4.42. The second kappa shape index (κ2) is 12.9. The number of rotatable bonds is 9. The van der Waals surface area contributed by atoms with Crippen molar-refractivity contribution in [3.63, 3.8) is 0 Å². The number of hydrogen-bond acceptors (Lipinski definition) is 2. The number of aliphatic carboxylic acids is 1. The normalized spacial score (nSPS) is 11.1. The molecule has 2 aromatic carbocycles. The lowest BCUT2D eigenvalue weighted by molar-refractivity contribution is -0.131. The Bertz CT molecular complexity index is 655. The molecule has 3 nitrogen and oxygen atoms in total. The lowest BCUT2D eigenvalue weighted by Gasteiger charge is -2.28. The molecule has 3 heteroatoms. The van der Waals surface area contributed by atoms with E-state index >= 15 is 0 Å². The van der Waals surface area contributed by atoms with E-state index in [0.29, 0.717) is 0 Å². The van der Waals surface area contributed by atoms with Gasteiger partial charge in [-0.3, -0.25) is 0 Å². The van der Waals surface area contributed by atoms with E-state index in [4.69, 9.17) is 5.11 Å². The Morgan fingerprint density at radius 3 is 1.81 bits per heavy atom. The first kappa shape index (κ1) is 22.7. The van der Waals surface area contributed by atoms with E-state index in [9.17, 15) is 9.90 Å². The van der Waals surface area contributed by atoms with Gasteiger partial charge in [-0.15, -0.1) is 0 Å². The van der Waals surface area contributed by atoms with Crippen molar-refractivity contribution in [2.75, 3.05) is 0 Å². The van der Waals surface area contributed by atoms with E-state index in [2.05, 4.69) is 13.8 Å². The standard InChI is InChI=1S/C15H24O.C9H8O2/c1-3-5-12-15(16,13-6-4-2)14-10-8-7-9-11-14;10-9(11)7-6-8-4-2-1-3-5-8/h7-11,16H,3-6,12-13H2,1-2H3;1-7H,(H,10,11). The molecule has 0 heterocycles. The van der Waals surface area contributed by atoms with Crippen LogP contribution in [0.2, 0.25) is 0 Å². The first-order chi connectivity index (χ1) is 13.0. The SMILES string of the molecule is CCCCC(O)(CCCC)c1ccccc1.O=C(O)C=Cc1ccccc1. The molecule has 0 spiro atoms. The maximum atomic E-state index is 10.7. The third-order valence-electron chi connectivity index (χ3n) is 4.42. The minimum atomic E-state index is -0.922. The van der Waals surface area contributed by atoms with Crippen LogP contribution in [0.15, 0.2) is 66.7 Å². The molecule has 27 heavy (non-hydrogen) atoms. The summed E-state index contributed by atoms with van der Waals surface area (Å²) >= 11 is 0. The third kappa shape index (κ3) is 9.20. The van der Waals surface area contributed by atoms with E-state index in [0.717, 1.165) is 55.7 Å². The topological polar surface area (TPSA) is 57.5 Å². The van der Waals surface area contributed by atoms with Crippen molar-refractivity contribution in [1.82, 2.24) is 0 Å². The van der Waals surface area contributed by atoms with Crippen molar-refractivity contribution in [3.05, 3.63) is 77.9 Å². The van der Waals surface area contributed by atoms with Gasteiger partial charge in [-0.25, -0.2) is 4.79 Å². The van der Waals surface area contributed by atoms with Crippen LogP contribution in [0, 0.1) is 0 Å². The minimum Gasteiger partial charge on any atom is -0.478 e. The molecular weight excluding hydrogens is 336 g/mol. The van der Waals surface area contributed by atoms with Gasteiger partial charge in [-0.2, -0.15) is 0 Å². The highest BCUT2D eigenvalue weighted by Crippen LogP contribution is 2.32. The van der Waals surface area contributed by atoms with E-state index in [-0.39, 0.29) is 0 Å². The Morgan fingerprint density at radius 1 is 0.889 bits per heavy atom. The number of aliphatic hydroxyl groups is 1. The van der Waals surface area contributed by atoms with Gasteiger partial charge in [0.1, 0.15) is 0 Å². The molecular formula is C24H32O3. The number of benzene rings is 2. The van der Waals surface area contributed by atoms with Crippen LogP contribution in [-0.4, -0.2) is 16.2 Å². The predicted molar refractivity (Wildman–Crippen MR) is 113 cm³/mol. The van der Waals surface area contributed by atoms with Crippen LogP contribution < -0.4 is 0 Å². The smallest absolute Gasteiger partial charge is 0.328 e. The van der Waals surface area contributed by atoms with Gasteiger partial charge in [0, 0.05) is 6.08 Å². The highest BCUT2D eigenvalue weighted by molar-refractivity contribution is 5.85. The predicted octanol–water partition coefficient (Wildman–Crippen LogP) is 6.04. The van der Waals surface area contributed by atoms with E-state index in [1.54, 1.807) is 6.08 Å². The number of carbonyl (C=O) groups is 1. The summed E-state index contributed by atoms with van der Waals surface area (Å²) in [7, 11) is 0. The highest BCUT2D eigenvalue weighted by atomic mass is 16.4. The van der Waals surface area contributed by atoms with Gasteiger partial charge in [-0.1, -0.05) is 100 Å². The van der Waals surface area contributed by atoms with Crippen LogP contribution in [-0.2, 0) is 10.4 Å². The summed E-state index contributed by atoms with van der Waals surface area (Å²) in [4.78, 5) is 10.1. The quantitative estimate of drug-likeness (QED) is 0.531. The van der Waals surface area contributed by atoms with Crippen molar-refractivity contribution in [3.8, 4) is 0 Å². The van der Waals surface area contributed by atoms with Crippen molar-refractivity contribution in [1.29, 1.82) is 0 Å². The number of carboxylic acids is 1. The fourth-order valence-electron chi connectivity index (χ4n) is 2.83. The Kier molecular flexibility index (Phi) is 10.8. The molecule has 0 saturated carbocycles. The summed E-state index contributed by atoms with van der Waals surface area (Å²) in [5, 5.41) is 19.0. The molecule has 0 unspecified atom stereocenters. The van der Waals surface area contributed by atoms with Crippen molar-refractivity contribution in [2.24, 2.45) is 0 Å². The molecule has 0 amide bonds. The maximum Gasteiger partial charge on any atom is 0.328 e. The molecule has 2 aromatic rings. The van der Waals surface area contributed by atoms with E-state index in [1.165, 1.54) is 0 Å². The molecule has 0 aromatic heterocycles. The van der Waals surface area contributed by atoms with Crippen molar-refractivity contribution in [2.45, 2.75) is 58.0 Å². The highest BCUT2D eigenvalue weighted by Gasteiger charge is 2.27. The molecule has 2 N–H and O–H groups in total. The van der Waals surface area contributed by atoms with Crippen molar-refractivity contribution < 1.29 is 15.0 Å². The Balaban J connectivity index is 0.000000289. The number of hydrogen-bond donors (Lipinski definition) is 2. The van der Waals surface area contributed by atoms with Gasteiger partial charge in [-0.05, 0) is 30.0 Å². The van der Waals surface area contributed by atoms with Crippen molar-refractivity contribution >= 4 is 12.0 Å². The van der Waals surface area contributed by atoms with E-state index < -0.39 is 11.6 Å². The molecule has 0 aliphatic carbocycles. The summed E-state index contributed by atoms with van der Waals surface area (Å²) in [6.07, 6.45) is 8.91. The zero-order valence-corrected chi connectivity index (χ0v) is 16.5. The largest absolute Gasteiger partial charge is 0.478 e. The summed E-state index contributed by atoms with van der Waals surface area (Å²) in [6.45, 7) is 4.34. The van der Waals surface area contributed by atoms with Gasteiger partial charge in [0.05, 0.1) is 5.60 Å². The second-order valence-corrected chi connectivity index (χ2v) is 6.69. The average Bonchev–Trinajstić information content (AvgIpc) is 2.71. The monoisotopic (exact) mass is 368 g/mol. The second-order valence-electron chi connectivity index (χ2n) is 6.69. The zero-order valence-electron chi connectivity index (χ0n) is 16.5. The fraction of sp³-hybridized carbons (Fsp3) is 0.375. The maximum absolute atomic E-state index is 10.7. The van der Waals surface area contributed by atoms with Crippen LogP contribution in [0.4, 0.5) is 0 Å². The zero-order chi connectivity index (χ0) is 20.0. The summed E-state index contributed by atoms with van der Waals surface area (Å²) in [5.41, 5.74) is 1.37. The van der Waals surface area contributed by atoms with Crippen LogP contribution in [0.1, 0.15) is 63.5 Å². The molecule has 0 aliphatic heterocycles. The molecule has 146 valence electrons. The Morgan fingerprint density at radius 2 is 1.37 bits per heavy atom. The minimum absolute atomic E-state index is 0.604. The molecule has 0 bridgehead atoms. The summed E-state index contributed by atoms with van der Waals surface area (Å²) in [5.74, 6) is -0.922. The van der Waals surface area contributed by atoms with Crippen LogP contribution in [0.3, 0.4) is 0 Å². The van der Waals surface area contributed by atoms with Crippen LogP contribution in [0.5, 0.6) is 0 Å².